The number of piperidine rings is 1. The van der Waals surface area contributed by atoms with Gasteiger partial charge in [-0.3, -0.25) is 14.7 Å². The number of hydrogen-bond donors (Lipinski definition) is 0. The standard InChI is InChI=1S/C20H26N8O/c1-25-13-8-21-16(20(25)29)14-26-11-6-15(7-12-26)19-23-22-17-4-5-18(24-28(17)19)27-9-2-3-10-27/h4-5,8,13,15H,2-3,6-7,9-12,14H2,1H3. The van der Waals surface area contributed by atoms with Crippen molar-refractivity contribution in [2.45, 2.75) is 38.1 Å². The van der Waals surface area contributed by atoms with Crippen molar-refractivity contribution in [2.75, 3.05) is 31.1 Å². The molecule has 0 N–H and O–H groups in total. The van der Waals surface area contributed by atoms with E-state index in [9.17, 15) is 4.79 Å². The van der Waals surface area contributed by atoms with E-state index in [2.05, 4.69) is 31.0 Å². The summed E-state index contributed by atoms with van der Waals surface area (Å²) in [6, 6.07) is 4.07. The molecule has 5 heterocycles. The van der Waals surface area contributed by atoms with Crippen molar-refractivity contribution >= 4 is 11.5 Å². The molecule has 0 radical (unpaired) electrons. The molecule has 9 heteroatoms. The van der Waals surface area contributed by atoms with Gasteiger partial charge in [0.15, 0.2) is 11.5 Å². The van der Waals surface area contributed by atoms with Gasteiger partial charge in [-0.2, -0.15) is 4.52 Å². The SMILES string of the molecule is Cn1ccnc(CN2CCC(c3nnc4ccc(N5CCCC5)nn34)CC2)c1=O. The van der Waals surface area contributed by atoms with E-state index in [4.69, 9.17) is 5.10 Å². The minimum absolute atomic E-state index is 0.0169. The lowest BCUT2D eigenvalue weighted by Crippen LogP contribution is -2.36. The highest BCUT2D eigenvalue weighted by atomic mass is 16.1. The number of fused-ring (bicyclic) bond motifs is 1. The van der Waals surface area contributed by atoms with Gasteiger partial charge in [-0.25, -0.2) is 0 Å². The molecule has 0 aliphatic carbocycles. The number of nitrogens with zero attached hydrogens (tertiary/aromatic N) is 8. The van der Waals surface area contributed by atoms with Crippen molar-refractivity contribution in [3.63, 3.8) is 0 Å². The molecular weight excluding hydrogens is 368 g/mol. The maximum Gasteiger partial charge on any atom is 0.273 e. The number of hydrogen-bond acceptors (Lipinski definition) is 7. The number of aryl methyl sites for hydroxylation is 1. The van der Waals surface area contributed by atoms with Crippen LogP contribution in [0.2, 0.25) is 0 Å². The van der Waals surface area contributed by atoms with Gasteiger partial charge >= 0.3 is 0 Å². The Bertz CT molecular complexity index is 1060. The molecule has 3 aromatic rings. The Morgan fingerprint density at radius 1 is 1.07 bits per heavy atom. The van der Waals surface area contributed by atoms with Gasteiger partial charge in [-0.1, -0.05) is 0 Å². The third-order valence-corrected chi connectivity index (χ3v) is 6.12. The number of rotatable bonds is 4. The highest BCUT2D eigenvalue weighted by Gasteiger charge is 2.26. The summed E-state index contributed by atoms with van der Waals surface area (Å²) >= 11 is 0. The van der Waals surface area contributed by atoms with E-state index >= 15 is 0 Å². The van der Waals surface area contributed by atoms with Crippen LogP contribution in [0.5, 0.6) is 0 Å². The molecule has 29 heavy (non-hydrogen) atoms. The summed E-state index contributed by atoms with van der Waals surface area (Å²) in [5.74, 6) is 2.29. The van der Waals surface area contributed by atoms with E-state index in [1.807, 2.05) is 10.6 Å². The molecule has 0 saturated carbocycles. The van der Waals surface area contributed by atoms with Gasteiger partial charge in [-0.15, -0.1) is 15.3 Å². The molecule has 0 bridgehead atoms. The first kappa shape index (κ1) is 18.2. The van der Waals surface area contributed by atoms with Crippen molar-refractivity contribution in [3.05, 3.63) is 46.4 Å². The molecule has 152 valence electrons. The quantitative estimate of drug-likeness (QED) is 0.657. The second-order valence-corrected chi connectivity index (χ2v) is 8.05. The molecule has 2 fully saturated rings. The van der Waals surface area contributed by atoms with Crippen molar-refractivity contribution in [2.24, 2.45) is 7.05 Å². The average Bonchev–Trinajstić information content (AvgIpc) is 3.42. The van der Waals surface area contributed by atoms with Crippen LogP contribution in [0.15, 0.2) is 29.3 Å². The van der Waals surface area contributed by atoms with Gasteiger partial charge in [0.05, 0.1) is 0 Å². The molecule has 0 aromatic carbocycles. The molecule has 5 rings (SSSR count). The van der Waals surface area contributed by atoms with Gasteiger partial charge in [-0.05, 0) is 50.9 Å². The molecule has 2 aliphatic heterocycles. The van der Waals surface area contributed by atoms with E-state index < -0.39 is 0 Å². The third-order valence-electron chi connectivity index (χ3n) is 6.12. The van der Waals surface area contributed by atoms with E-state index in [0.717, 1.165) is 56.3 Å². The van der Waals surface area contributed by atoms with E-state index in [1.54, 1.807) is 24.0 Å². The molecule has 9 nitrogen and oxygen atoms in total. The summed E-state index contributed by atoms with van der Waals surface area (Å²) in [6.45, 7) is 4.55. The monoisotopic (exact) mass is 394 g/mol. The van der Waals surface area contributed by atoms with Crippen molar-refractivity contribution in [1.29, 1.82) is 0 Å². The molecule has 0 amide bonds. The second kappa shape index (κ2) is 7.55. The molecule has 3 aromatic heterocycles. The Hall–Kier alpha value is -2.81. The zero-order chi connectivity index (χ0) is 19.8. The van der Waals surface area contributed by atoms with Crippen LogP contribution in [0.25, 0.3) is 5.65 Å². The molecular formula is C20H26N8O. The topological polar surface area (TPSA) is 84.5 Å². The molecule has 0 unspecified atom stereocenters. The minimum atomic E-state index is -0.0169. The first-order chi connectivity index (χ1) is 14.2. The van der Waals surface area contributed by atoms with Crippen LogP contribution in [-0.4, -0.2) is 60.4 Å². The normalized spacial score (nSPS) is 18.7. The largest absolute Gasteiger partial charge is 0.355 e. The van der Waals surface area contributed by atoms with Gasteiger partial charge in [0.25, 0.3) is 5.56 Å². The van der Waals surface area contributed by atoms with Crippen LogP contribution < -0.4 is 10.5 Å². The summed E-state index contributed by atoms with van der Waals surface area (Å²) in [7, 11) is 1.76. The Labute approximate surface area is 169 Å². The van der Waals surface area contributed by atoms with Crippen LogP contribution in [0.3, 0.4) is 0 Å². The Balaban J connectivity index is 1.30. The van der Waals surface area contributed by atoms with Crippen LogP contribution >= 0.6 is 0 Å². The fourth-order valence-electron chi connectivity index (χ4n) is 4.38. The number of aromatic nitrogens is 6. The van der Waals surface area contributed by atoms with Crippen molar-refractivity contribution in [1.82, 2.24) is 34.3 Å². The van der Waals surface area contributed by atoms with Crippen LogP contribution in [0, 0.1) is 0 Å². The molecule has 2 aliphatic rings. The van der Waals surface area contributed by atoms with Crippen molar-refractivity contribution in [3.8, 4) is 0 Å². The van der Waals surface area contributed by atoms with Gasteiger partial charge < -0.3 is 9.47 Å². The van der Waals surface area contributed by atoms with Crippen LogP contribution in [0.4, 0.5) is 5.82 Å². The predicted molar refractivity (Wildman–Crippen MR) is 109 cm³/mol. The van der Waals surface area contributed by atoms with Gasteiger partial charge in [0.2, 0.25) is 0 Å². The predicted octanol–water partition coefficient (Wildman–Crippen LogP) is 1.20. The van der Waals surface area contributed by atoms with Crippen molar-refractivity contribution < 1.29 is 0 Å². The lowest BCUT2D eigenvalue weighted by Gasteiger charge is -2.30. The maximum absolute atomic E-state index is 12.2. The summed E-state index contributed by atoms with van der Waals surface area (Å²) < 4.78 is 3.52. The first-order valence-electron chi connectivity index (χ1n) is 10.4. The highest BCUT2D eigenvalue weighted by Crippen LogP contribution is 2.28. The summed E-state index contributed by atoms with van der Waals surface area (Å²) in [6.07, 6.45) is 7.79. The van der Waals surface area contributed by atoms with E-state index in [1.165, 1.54) is 12.8 Å². The fourth-order valence-corrected chi connectivity index (χ4v) is 4.38. The van der Waals surface area contributed by atoms with Crippen LogP contribution in [0.1, 0.15) is 43.1 Å². The fraction of sp³-hybridized carbons (Fsp3) is 0.550. The molecule has 0 atom stereocenters. The van der Waals surface area contributed by atoms with E-state index in [-0.39, 0.29) is 5.56 Å². The smallest absolute Gasteiger partial charge is 0.273 e. The average molecular weight is 394 g/mol. The Kier molecular flexibility index (Phi) is 4.75. The molecule has 0 spiro atoms. The second-order valence-electron chi connectivity index (χ2n) is 8.05. The summed E-state index contributed by atoms with van der Waals surface area (Å²) in [5.41, 5.74) is 1.40. The zero-order valence-corrected chi connectivity index (χ0v) is 16.7. The van der Waals surface area contributed by atoms with Gasteiger partial charge in [0.1, 0.15) is 11.5 Å². The third kappa shape index (κ3) is 3.50. The minimum Gasteiger partial charge on any atom is -0.355 e. The lowest BCUT2D eigenvalue weighted by atomic mass is 9.96. The van der Waals surface area contributed by atoms with E-state index in [0.29, 0.717) is 18.2 Å². The zero-order valence-electron chi connectivity index (χ0n) is 16.7. The highest BCUT2D eigenvalue weighted by molar-refractivity contribution is 5.46. The Morgan fingerprint density at radius 3 is 2.66 bits per heavy atom. The Morgan fingerprint density at radius 2 is 1.86 bits per heavy atom. The van der Waals surface area contributed by atoms with Crippen LogP contribution in [-0.2, 0) is 13.6 Å². The molecule has 2 saturated heterocycles. The number of anilines is 1. The maximum atomic E-state index is 12.2. The lowest BCUT2D eigenvalue weighted by molar-refractivity contribution is 0.197. The van der Waals surface area contributed by atoms with Gasteiger partial charge in [0, 0.05) is 45.0 Å². The first-order valence-corrected chi connectivity index (χ1v) is 10.4. The number of likely N-dealkylation sites (tertiary alicyclic amines) is 1. The summed E-state index contributed by atoms with van der Waals surface area (Å²) in [5, 5.41) is 13.7. The summed E-state index contributed by atoms with van der Waals surface area (Å²) in [4.78, 5) is 21.1.